The number of nitrogens with zero attached hydrogens (tertiary/aromatic N) is 3. The molecule has 0 bridgehead atoms. The van der Waals surface area contributed by atoms with Gasteiger partial charge < -0.3 is 95.2 Å². The van der Waals surface area contributed by atoms with Crippen molar-refractivity contribution < 1.29 is 85.8 Å². The third-order valence-corrected chi connectivity index (χ3v) is 16.1. The van der Waals surface area contributed by atoms with Crippen molar-refractivity contribution in [3.8, 4) is 0 Å². The molecule has 2 heterocycles. The number of primary amides is 1. The van der Waals surface area contributed by atoms with E-state index < -0.39 is 85.5 Å². The molecule has 91 heavy (non-hydrogen) atoms. The third kappa shape index (κ3) is 36.2. The molecule has 1 aliphatic heterocycles. The normalized spacial score (nSPS) is 15.4. The molecule has 518 valence electrons. The Morgan fingerprint density at radius 2 is 1.20 bits per heavy atom. The van der Waals surface area contributed by atoms with E-state index in [0.717, 1.165) is 44.9 Å². The summed E-state index contributed by atoms with van der Waals surface area (Å²) in [6, 6.07) is 3.70. The summed E-state index contributed by atoms with van der Waals surface area (Å²) in [5, 5.41) is 13.4. The van der Waals surface area contributed by atoms with Crippen LogP contribution >= 0.6 is 20.2 Å². The molecule has 1 aliphatic rings. The number of aromatic nitrogens is 2. The van der Waals surface area contributed by atoms with E-state index in [2.05, 4.69) is 68.5 Å². The van der Waals surface area contributed by atoms with Crippen molar-refractivity contribution in [2.75, 3.05) is 131 Å². The number of thiol groups is 1. The quantitative estimate of drug-likeness (QED) is 0.0253. The van der Waals surface area contributed by atoms with Crippen molar-refractivity contribution in [3.63, 3.8) is 0 Å². The van der Waals surface area contributed by atoms with Crippen LogP contribution in [0.3, 0.4) is 0 Å². The number of hydrogen-bond donors (Lipinski definition) is 10. The number of unbranched alkanes of at least 4 members (excludes halogenated alkanes) is 5. The number of imidazole rings is 1. The van der Waals surface area contributed by atoms with Crippen LogP contribution in [0.2, 0.25) is 0 Å². The van der Waals surface area contributed by atoms with E-state index in [1.807, 2.05) is 24.5 Å². The minimum atomic E-state index is -4.59. The number of aryl methyl sites for hydroxylation is 2. The van der Waals surface area contributed by atoms with Gasteiger partial charge in [0, 0.05) is 43.7 Å². The summed E-state index contributed by atoms with van der Waals surface area (Å²) in [7, 11) is -4.59. The fourth-order valence-corrected chi connectivity index (χ4v) is 10.8. The number of amides is 7. The third-order valence-electron chi connectivity index (χ3n) is 14.6. The summed E-state index contributed by atoms with van der Waals surface area (Å²) in [4.78, 5) is 118. The number of nitrogens with two attached hydrogens (primary N) is 2. The lowest BCUT2D eigenvalue weighted by atomic mass is 10.0. The number of nitrogens with one attached hydrogen (secondary N) is 5. The minimum absolute atomic E-state index is 0.0174. The lowest BCUT2D eigenvalue weighted by molar-refractivity contribution is -0.140. The molecule has 7 amide bonds. The first kappa shape index (κ1) is 80.1. The maximum absolute atomic E-state index is 14.4. The predicted molar refractivity (Wildman–Crippen MR) is 343 cm³/mol. The van der Waals surface area contributed by atoms with Gasteiger partial charge in [-0.15, -0.1) is 0 Å². The molecule has 11 N–H and O–H groups in total. The Balaban J connectivity index is 1.40. The van der Waals surface area contributed by atoms with Crippen LogP contribution in [0.4, 0.5) is 0 Å². The number of carbonyl (C=O) groups is 7. The monoisotopic (exact) mass is 1330 g/mol. The molecular weight excluding hydrogens is 1220 g/mol. The summed E-state index contributed by atoms with van der Waals surface area (Å²) < 4.78 is 57.8. The molecule has 1 aromatic heterocycles. The van der Waals surface area contributed by atoms with Gasteiger partial charge in [-0.05, 0) is 62.8 Å². The van der Waals surface area contributed by atoms with E-state index in [1.165, 1.54) is 24.3 Å². The fraction of sp³-hybridized carbons (Fsp3) is 0.738. The Morgan fingerprint density at radius 1 is 0.670 bits per heavy atom. The lowest BCUT2D eigenvalue weighted by Crippen LogP contribution is -2.59. The predicted octanol–water partition coefficient (Wildman–Crippen LogP) is 1.20. The molecule has 1 saturated heterocycles. The topological polar surface area (TPSA) is 384 Å². The second kappa shape index (κ2) is 47.7. The van der Waals surface area contributed by atoms with Crippen molar-refractivity contribution in [2.45, 2.75) is 148 Å². The Kier molecular flexibility index (Phi) is 42.0. The molecule has 0 saturated carbocycles. The molecule has 0 radical (unpaired) electrons. The number of ether oxygens (including phenoxy) is 8. The maximum Gasteiger partial charge on any atom is 0.325 e. The van der Waals surface area contributed by atoms with Gasteiger partial charge in [0.1, 0.15) is 30.2 Å². The second-order valence-corrected chi connectivity index (χ2v) is 24.9. The zero-order valence-corrected chi connectivity index (χ0v) is 55.6. The van der Waals surface area contributed by atoms with Crippen molar-refractivity contribution in [1.82, 2.24) is 41.0 Å². The van der Waals surface area contributed by atoms with E-state index in [9.17, 15) is 47.9 Å². The van der Waals surface area contributed by atoms with Gasteiger partial charge in [-0.1, -0.05) is 76.8 Å². The molecule has 28 nitrogen and oxygen atoms in total. The fourth-order valence-electron chi connectivity index (χ4n) is 9.72. The molecule has 1 aromatic carbocycles. The van der Waals surface area contributed by atoms with Crippen LogP contribution in [-0.2, 0) is 95.4 Å². The Bertz CT molecular complexity index is 2430. The van der Waals surface area contributed by atoms with Gasteiger partial charge in [-0.2, -0.15) is 12.6 Å². The molecule has 3 rings (SSSR count). The van der Waals surface area contributed by atoms with Gasteiger partial charge in [-0.25, -0.2) is 4.98 Å². The summed E-state index contributed by atoms with van der Waals surface area (Å²) in [6.45, 7) is 13.5. The van der Waals surface area contributed by atoms with Crippen molar-refractivity contribution in [2.24, 2.45) is 23.3 Å². The Morgan fingerprint density at radius 3 is 1.74 bits per heavy atom. The molecule has 0 spiro atoms. The summed E-state index contributed by atoms with van der Waals surface area (Å²) in [5.41, 5.74) is 13.0. The van der Waals surface area contributed by atoms with E-state index in [4.69, 9.17) is 49.4 Å². The Hall–Kier alpha value is -5.14. The SMILES string of the molecule is CC(C)CC(NC(=O)C1CCCN1C(=O)CCOCCOCCOCCOCCOCCOCCOCCOCCNC(=O)C(N)CS)C(=O)NC(Cc1cncn1CCCCCCCCc1ccccc1)C(=O)NC(C)C(=O)NC(C(N)=O)C(C)CP(=O)(O)O. The molecule has 2 aromatic rings. The molecule has 7 unspecified atom stereocenters. The van der Waals surface area contributed by atoms with Crippen LogP contribution < -0.4 is 38.1 Å². The van der Waals surface area contributed by atoms with Crippen LogP contribution in [0.5, 0.6) is 0 Å². The van der Waals surface area contributed by atoms with E-state index in [0.29, 0.717) is 124 Å². The molecule has 7 atom stereocenters. The largest absolute Gasteiger partial charge is 0.379 e. The molecule has 30 heteroatoms. The van der Waals surface area contributed by atoms with Crippen LogP contribution in [0.25, 0.3) is 0 Å². The van der Waals surface area contributed by atoms with Gasteiger partial charge in [0.05, 0.1) is 131 Å². The Labute approximate surface area is 542 Å². The molecule has 0 aliphatic carbocycles. The zero-order chi connectivity index (χ0) is 66.7. The number of benzene rings is 1. The van der Waals surface area contributed by atoms with Gasteiger partial charge in [0.2, 0.25) is 41.4 Å². The van der Waals surface area contributed by atoms with Crippen molar-refractivity contribution >= 4 is 61.6 Å². The highest BCUT2D eigenvalue weighted by molar-refractivity contribution is 7.80. The number of likely N-dealkylation sites (tertiary alicyclic amines) is 1. The van der Waals surface area contributed by atoms with Crippen molar-refractivity contribution in [1.29, 1.82) is 0 Å². The van der Waals surface area contributed by atoms with E-state index in [-0.39, 0.29) is 62.6 Å². The van der Waals surface area contributed by atoms with Gasteiger partial charge in [0.15, 0.2) is 0 Å². The standard InChI is InChI=1S/C61H105N10O18PS/c1-45(2)39-51(68-61(78)53-18-14-22-71(53)54(72)19-23-82-25-27-84-29-31-86-33-35-88-37-38-89-36-34-87-32-30-85-28-26-83-24-20-65-58(75)50(62)43-91)60(77)67-52(59(76)66-47(4)57(74)69-55(56(63)73)46(3)42-90(79,80)81)40-49-41-64-44-70(49)21-13-8-6-5-7-10-15-48-16-11-9-12-17-48/h9,11-12,16-17,41,44-47,50-53,55,91H,5-8,10,13-15,18-40,42-43,62H2,1-4H3,(H2,63,73)(H,65,75)(H,66,76)(H,67,77)(H,68,78)(H,69,74)(H2,79,80,81). The first-order valence-electron chi connectivity index (χ1n) is 31.8. The first-order valence-corrected chi connectivity index (χ1v) is 34.3. The average molecular weight is 1330 g/mol. The smallest absolute Gasteiger partial charge is 0.325 e. The summed E-state index contributed by atoms with van der Waals surface area (Å²) in [5.74, 6) is -5.28. The number of rotatable bonds is 54. The van der Waals surface area contributed by atoms with Gasteiger partial charge in [0.25, 0.3) is 0 Å². The van der Waals surface area contributed by atoms with E-state index >= 15 is 0 Å². The average Bonchev–Trinajstić information content (AvgIpc) is 2.07. The van der Waals surface area contributed by atoms with Crippen LogP contribution in [0.15, 0.2) is 42.9 Å². The number of carbonyl (C=O) groups excluding carboxylic acids is 7. The second-order valence-electron chi connectivity index (χ2n) is 22.8. The highest BCUT2D eigenvalue weighted by Crippen LogP contribution is 2.37. The van der Waals surface area contributed by atoms with Crippen molar-refractivity contribution in [3.05, 3.63) is 54.1 Å². The minimum Gasteiger partial charge on any atom is -0.379 e. The highest BCUT2D eigenvalue weighted by atomic mass is 32.1. The molecular formula is C61H105N10O18PS. The highest BCUT2D eigenvalue weighted by Gasteiger charge is 2.38. The summed E-state index contributed by atoms with van der Waals surface area (Å²) in [6.07, 6.45) is 10.8. The summed E-state index contributed by atoms with van der Waals surface area (Å²) >= 11 is 3.99. The maximum atomic E-state index is 14.4. The molecule has 1 fully saturated rings. The number of hydrogen-bond acceptors (Lipinski definition) is 19. The van der Waals surface area contributed by atoms with Gasteiger partial charge >= 0.3 is 7.60 Å². The van der Waals surface area contributed by atoms with Crippen LogP contribution in [-0.4, -0.2) is 233 Å². The van der Waals surface area contributed by atoms with Gasteiger partial charge in [-0.3, -0.25) is 38.1 Å². The van der Waals surface area contributed by atoms with Crippen LogP contribution in [0.1, 0.15) is 103 Å². The zero-order valence-electron chi connectivity index (χ0n) is 53.8. The first-order chi connectivity index (χ1) is 43.7. The van der Waals surface area contributed by atoms with Crippen LogP contribution in [0, 0.1) is 11.8 Å². The lowest BCUT2D eigenvalue weighted by Gasteiger charge is -2.29. The van der Waals surface area contributed by atoms with E-state index in [1.54, 1.807) is 12.5 Å².